The van der Waals surface area contributed by atoms with Crippen molar-refractivity contribution >= 4 is 52.8 Å². The first-order valence-corrected chi connectivity index (χ1v) is 15.3. The monoisotopic (exact) mass is 800 g/mol. The Morgan fingerprint density at radius 3 is 1.94 bits per heavy atom. The van der Waals surface area contributed by atoms with Crippen LogP contribution in [0.4, 0.5) is 51.0 Å². The number of aromatic nitrogens is 4. The van der Waals surface area contributed by atoms with Gasteiger partial charge >= 0.3 is 36.4 Å². The lowest BCUT2D eigenvalue weighted by molar-refractivity contribution is -0.193. The molecular weight excluding hydrogens is 779 g/mol. The van der Waals surface area contributed by atoms with Gasteiger partial charge in [0.05, 0.1) is 17.5 Å². The van der Waals surface area contributed by atoms with Gasteiger partial charge in [0.25, 0.3) is 0 Å². The molecule has 1 aliphatic heterocycles. The van der Waals surface area contributed by atoms with Crippen LogP contribution in [0, 0.1) is 6.57 Å². The molecule has 0 fully saturated rings. The van der Waals surface area contributed by atoms with Gasteiger partial charge in [-0.1, -0.05) is 29.8 Å². The highest BCUT2D eigenvalue weighted by Crippen LogP contribution is 2.47. The molecule has 0 amide bonds. The number of benzene rings is 1. The number of aliphatic carboxylic acids is 3. The van der Waals surface area contributed by atoms with Gasteiger partial charge in [-0.15, -0.1) is 11.8 Å². The summed E-state index contributed by atoms with van der Waals surface area (Å²) in [5.74, 6) is -6.34. The number of carbonyl (C=O) groups is 3. The smallest absolute Gasteiger partial charge is 0.475 e. The van der Waals surface area contributed by atoms with Crippen LogP contribution in [-0.4, -0.2) is 83.8 Å². The van der Waals surface area contributed by atoms with Crippen LogP contribution in [0.15, 0.2) is 61.1 Å². The summed E-state index contributed by atoms with van der Waals surface area (Å²) in [6, 6.07) is 13.8. The number of pyridine rings is 2. The molecule has 4 aromatic rings. The Balaban J connectivity index is 0.000000379. The van der Waals surface area contributed by atoms with Gasteiger partial charge in [0, 0.05) is 48.5 Å². The molecule has 0 radical (unpaired) electrons. The summed E-state index contributed by atoms with van der Waals surface area (Å²) in [4.78, 5) is 38.9. The summed E-state index contributed by atoms with van der Waals surface area (Å²) in [5.41, 5.74) is 6.15. The number of fused-ring (bicyclic) bond motifs is 1. The van der Waals surface area contributed by atoms with Gasteiger partial charge in [-0.2, -0.15) is 44.6 Å². The number of thioether (sulfide) groups is 1. The van der Waals surface area contributed by atoms with E-state index in [0.717, 1.165) is 51.8 Å². The Morgan fingerprint density at radius 2 is 1.47 bits per heavy atom. The van der Waals surface area contributed by atoms with Gasteiger partial charge in [-0.25, -0.2) is 19.2 Å². The molecule has 0 saturated carbocycles. The summed E-state index contributed by atoms with van der Waals surface area (Å²) in [6.45, 7) is 8.08. The van der Waals surface area contributed by atoms with E-state index >= 15 is 0 Å². The second-order valence-corrected chi connectivity index (χ2v) is 11.4. The summed E-state index contributed by atoms with van der Waals surface area (Å²) < 4.78 is 97.1. The highest BCUT2D eigenvalue weighted by atomic mass is 35.5. The number of carboxylic acid groups (broad SMARTS) is 3. The minimum absolute atomic E-state index is 0.0138. The number of carboxylic acids is 3. The van der Waals surface area contributed by atoms with Crippen molar-refractivity contribution in [3.05, 3.63) is 88.6 Å². The van der Waals surface area contributed by atoms with Crippen molar-refractivity contribution in [2.24, 2.45) is 7.05 Å². The zero-order chi connectivity index (χ0) is 40.3. The summed E-state index contributed by atoms with van der Waals surface area (Å²) >= 11 is 8.70. The van der Waals surface area contributed by atoms with E-state index in [9.17, 15) is 39.5 Å². The third-order valence-electron chi connectivity index (χ3n) is 6.13. The molecule has 53 heavy (non-hydrogen) atoms. The fourth-order valence-electron chi connectivity index (χ4n) is 3.93. The van der Waals surface area contributed by atoms with E-state index in [1.54, 1.807) is 18.6 Å². The maximum Gasteiger partial charge on any atom is 0.490 e. The molecule has 1 aliphatic rings. The lowest BCUT2D eigenvalue weighted by atomic mass is 9.99. The molecule has 0 bridgehead atoms. The topological polar surface area (TPSA) is 172 Å². The number of nitrogens with one attached hydrogen (secondary N) is 1. The Kier molecular flexibility index (Phi) is 15.0. The Hall–Kier alpha value is -5.56. The van der Waals surface area contributed by atoms with Gasteiger partial charge in [-0.05, 0) is 41.0 Å². The zero-order valence-corrected chi connectivity index (χ0v) is 27.8. The van der Waals surface area contributed by atoms with Crippen molar-refractivity contribution in [3.8, 4) is 22.5 Å². The van der Waals surface area contributed by atoms with Crippen LogP contribution in [0.5, 0.6) is 0 Å². The molecule has 5 rings (SSSR count). The number of halogens is 10. The molecule has 0 aliphatic carbocycles. The predicted octanol–water partition coefficient (Wildman–Crippen LogP) is 7.90. The van der Waals surface area contributed by atoms with Crippen LogP contribution < -0.4 is 5.32 Å². The number of anilines is 1. The molecule has 23 heteroatoms. The van der Waals surface area contributed by atoms with Gasteiger partial charge in [-0.3, -0.25) is 14.6 Å². The maximum atomic E-state index is 10.6. The van der Waals surface area contributed by atoms with Crippen LogP contribution in [-0.2, 0) is 21.4 Å². The molecule has 4 N–H and O–H groups in total. The van der Waals surface area contributed by atoms with E-state index in [1.165, 1.54) is 0 Å². The Morgan fingerprint density at radius 1 is 0.906 bits per heavy atom. The molecular formula is C30H22ClF9N6O6S. The van der Waals surface area contributed by atoms with Gasteiger partial charge in [0.1, 0.15) is 11.5 Å². The fourth-order valence-corrected chi connectivity index (χ4v) is 5.52. The van der Waals surface area contributed by atoms with Crippen molar-refractivity contribution in [1.82, 2.24) is 19.7 Å². The third-order valence-corrected chi connectivity index (χ3v) is 7.72. The van der Waals surface area contributed by atoms with E-state index in [2.05, 4.69) is 26.2 Å². The fraction of sp³-hybridized carbons (Fsp3) is 0.233. The first-order chi connectivity index (χ1) is 24.5. The van der Waals surface area contributed by atoms with Gasteiger partial charge < -0.3 is 20.6 Å². The molecule has 284 valence electrons. The highest BCUT2D eigenvalue weighted by Gasteiger charge is 2.39. The molecule has 0 saturated heterocycles. The first-order valence-electron chi connectivity index (χ1n) is 13.8. The molecule has 12 nitrogen and oxygen atoms in total. The average molecular weight is 801 g/mol. The molecule has 0 spiro atoms. The number of hydrogen-bond donors (Lipinski definition) is 4. The summed E-state index contributed by atoms with van der Waals surface area (Å²) in [7, 11) is 1.95. The average Bonchev–Trinajstić information content (AvgIpc) is 3.24. The number of alkyl halides is 9. The van der Waals surface area contributed by atoms with Gasteiger partial charge in [0.2, 0.25) is 5.69 Å². The van der Waals surface area contributed by atoms with Crippen LogP contribution in [0.25, 0.3) is 27.4 Å². The molecule has 1 aromatic carbocycles. The van der Waals surface area contributed by atoms with Crippen LogP contribution in [0.1, 0.15) is 16.4 Å². The minimum Gasteiger partial charge on any atom is -0.475 e. The zero-order valence-electron chi connectivity index (χ0n) is 26.3. The molecule has 1 unspecified atom stereocenters. The second-order valence-electron chi connectivity index (χ2n) is 9.82. The van der Waals surface area contributed by atoms with Crippen molar-refractivity contribution in [3.63, 3.8) is 0 Å². The van der Waals surface area contributed by atoms with Gasteiger partial charge in [0.15, 0.2) is 0 Å². The van der Waals surface area contributed by atoms with E-state index in [-0.39, 0.29) is 5.25 Å². The van der Waals surface area contributed by atoms with E-state index < -0.39 is 36.4 Å². The number of aryl methyl sites for hydroxylation is 1. The normalized spacial score (nSPS) is 13.7. The Labute approximate surface area is 301 Å². The van der Waals surface area contributed by atoms with Crippen LogP contribution >= 0.6 is 23.4 Å². The number of rotatable bonds is 3. The highest BCUT2D eigenvalue weighted by molar-refractivity contribution is 7.99. The minimum atomic E-state index is -5.08. The predicted molar refractivity (Wildman–Crippen MR) is 171 cm³/mol. The molecule has 1 atom stereocenters. The van der Waals surface area contributed by atoms with Crippen LogP contribution in [0.3, 0.4) is 0 Å². The summed E-state index contributed by atoms with van der Waals surface area (Å²) in [5, 5.41) is 30.4. The molecule has 3 aromatic heterocycles. The number of hydrogen-bond acceptors (Lipinski definition) is 8. The third kappa shape index (κ3) is 12.9. The van der Waals surface area contributed by atoms with E-state index in [1.807, 2.05) is 59.9 Å². The molecule has 4 heterocycles. The van der Waals surface area contributed by atoms with Crippen molar-refractivity contribution in [2.75, 3.05) is 17.6 Å². The SMILES string of the molecule is O=C(O)C(F)(F)F.O=C(O)C(F)(F)F.O=C(O)C(F)(F)F.[C-]#[N+]c1cncc(-c2ccc(C3SCCNc4c3c(-c3ccccn3)nn4C)c(Cl)c2)c1. The van der Waals surface area contributed by atoms with Crippen molar-refractivity contribution in [2.45, 2.75) is 23.8 Å². The number of nitrogens with zero attached hydrogens (tertiary/aromatic N) is 5. The first kappa shape index (κ1) is 43.6. The lowest BCUT2D eigenvalue weighted by Gasteiger charge is -2.18. The van der Waals surface area contributed by atoms with Crippen molar-refractivity contribution < 1.29 is 69.2 Å². The quantitative estimate of drug-likeness (QED) is 0.117. The lowest BCUT2D eigenvalue weighted by Crippen LogP contribution is -2.21. The van der Waals surface area contributed by atoms with Crippen molar-refractivity contribution in [1.29, 1.82) is 0 Å². The standard InChI is InChI=1S/C24H19ClN6S.3C2HF3O2/c1-26-17-11-16(13-27-14-17)15-6-7-18(19(25)12-15)23-21-22(20-5-3-4-8-28-20)30-31(2)24(21)29-9-10-32-23;3*3-2(4,5)1(6)7/h3-8,11-14,23,29H,9-10H2,2H3;3*(H,6,7). The van der Waals surface area contributed by atoms with E-state index in [0.29, 0.717) is 10.7 Å². The van der Waals surface area contributed by atoms with E-state index in [4.69, 9.17) is 53.0 Å². The Bertz CT molecular complexity index is 1900. The maximum absolute atomic E-state index is 10.6. The van der Waals surface area contributed by atoms with Crippen LogP contribution in [0.2, 0.25) is 5.02 Å². The largest absolute Gasteiger partial charge is 0.490 e. The summed E-state index contributed by atoms with van der Waals surface area (Å²) in [6.07, 6.45) is -10.1. The second kappa shape index (κ2) is 18.3.